The van der Waals surface area contributed by atoms with Crippen molar-refractivity contribution in [1.82, 2.24) is 24.6 Å². The molecule has 2 N–H and O–H groups in total. The van der Waals surface area contributed by atoms with Crippen LogP contribution in [0.2, 0.25) is 0 Å². The molecule has 3 aromatic heterocycles. The molecule has 0 saturated carbocycles. The summed E-state index contributed by atoms with van der Waals surface area (Å²) in [5.74, 6) is 0. The van der Waals surface area contributed by atoms with Crippen molar-refractivity contribution in [3.63, 3.8) is 0 Å². The Morgan fingerprint density at radius 1 is 1.28 bits per heavy atom. The van der Waals surface area contributed by atoms with E-state index in [4.69, 9.17) is 15.1 Å². The van der Waals surface area contributed by atoms with E-state index in [2.05, 4.69) is 26.9 Å². The second-order valence-electron chi connectivity index (χ2n) is 7.56. The second kappa shape index (κ2) is 9.05. The highest BCUT2D eigenvalue weighted by Gasteiger charge is 2.27. The molecule has 29 heavy (non-hydrogen) atoms. The Morgan fingerprint density at radius 2 is 2.21 bits per heavy atom. The zero-order valence-corrected chi connectivity index (χ0v) is 16.5. The van der Waals surface area contributed by atoms with Crippen LogP contribution in [-0.4, -0.2) is 43.6 Å². The van der Waals surface area contributed by atoms with Gasteiger partial charge in [-0.1, -0.05) is 12.1 Å². The first-order valence-corrected chi connectivity index (χ1v) is 10.3. The van der Waals surface area contributed by atoms with Crippen molar-refractivity contribution >= 4 is 11.7 Å². The third-order valence-electron chi connectivity index (χ3n) is 5.53. The van der Waals surface area contributed by atoms with Crippen LogP contribution < -0.4 is 5.32 Å². The summed E-state index contributed by atoms with van der Waals surface area (Å²) >= 11 is 0. The number of hydrogen-bond donors (Lipinski definition) is 2. The zero-order valence-electron chi connectivity index (χ0n) is 16.5. The molecule has 0 fully saturated rings. The molecule has 0 aliphatic heterocycles. The molecule has 4 rings (SSSR count). The Kier molecular flexibility index (Phi) is 6.05. The number of aromatic nitrogens is 3. The first-order chi connectivity index (χ1) is 14.2. The molecule has 0 saturated heterocycles. The molecule has 7 nitrogen and oxygen atoms in total. The lowest BCUT2D eigenvalue weighted by atomic mass is 9.90. The Bertz CT molecular complexity index is 938. The van der Waals surface area contributed by atoms with Gasteiger partial charge < -0.3 is 14.8 Å². The highest BCUT2D eigenvalue weighted by atomic mass is 16.4. The molecular formula is C22H27N5O2. The smallest absolute Gasteiger partial charge is 0.404 e. The average molecular weight is 393 g/mol. The van der Waals surface area contributed by atoms with Gasteiger partial charge in [-0.15, -0.1) is 0 Å². The lowest BCUT2D eigenvalue weighted by molar-refractivity contribution is 0.160. The molecule has 1 amide bonds. The molecule has 152 valence electrons. The van der Waals surface area contributed by atoms with Gasteiger partial charge in [-0.05, 0) is 62.4 Å². The van der Waals surface area contributed by atoms with Crippen molar-refractivity contribution in [2.24, 2.45) is 0 Å². The van der Waals surface area contributed by atoms with Crippen molar-refractivity contribution in [2.45, 2.75) is 44.7 Å². The third kappa shape index (κ3) is 4.74. The van der Waals surface area contributed by atoms with Gasteiger partial charge in [-0.3, -0.25) is 9.88 Å². The highest BCUT2D eigenvalue weighted by molar-refractivity contribution is 5.64. The first kappa shape index (κ1) is 19.4. The molecule has 3 aromatic rings. The minimum absolute atomic E-state index is 0.275. The standard InChI is InChI=1S/C22H27N5O2/c28-22(29)24-11-2-4-13-26(15-18-16-27-14-3-1-10-20(27)25-18)19-9-5-7-17-8-6-12-23-21(17)19/h1,3,6,8,10,12,14,16,19,24H,2,4-5,7,9,11,13,15H2,(H,28,29). The molecule has 0 bridgehead atoms. The fourth-order valence-corrected chi connectivity index (χ4v) is 4.19. The number of hydrogen-bond acceptors (Lipinski definition) is 4. The number of rotatable bonds is 8. The van der Waals surface area contributed by atoms with Gasteiger partial charge in [0.05, 0.1) is 17.4 Å². The number of amides is 1. The van der Waals surface area contributed by atoms with E-state index >= 15 is 0 Å². The van der Waals surface area contributed by atoms with Crippen LogP contribution in [-0.2, 0) is 13.0 Å². The number of imidazole rings is 1. The monoisotopic (exact) mass is 393 g/mol. The summed E-state index contributed by atoms with van der Waals surface area (Å²) in [7, 11) is 0. The maximum absolute atomic E-state index is 10.7. The minimum atomic E-state index is -0.961. The van der Waals surface area contributed by atoms with Crippen LogP contribution in [0, 0.1) is 0 Å². The van der Waals surface area contributed by atoms with Crippen molar-refractivity contribution in [3.05, 3.63) is 65.9 Å². The maximum atomic E-state index is 10.7. The van der Waals surface area contributed by atoms with Gasteiger partial charge in [0.1, 0.15) is 5.65 Å². The van der Waals surface area contributed by atoms with Gasteiger partial charge in [0, 0.05) is 31.7 Å². The second-order valence-corrected chi connectivity index (χ2v) is 7.56. The number of fused-ring (bicyclic) bond motifs is 2. The molecular weight excluding hydrogens is 366 g/mol. The summed E-state index contributed by atoms with van der Waals surface area (Å²) in [6, 6.07) is 10.5. The number of aryl methyl sites for hydroxylation is 1. The van der Waals surface area contributed by atoms with Gasteiger partial charge in [0.15, 0.2) is 0 Å². The summed E-state index contributed by atoms with van der Waals surface area (Å²) in [4.78, 5) is 22.6. The van der Waals surface area contributed by atoms with E-state index in [9.17, 15) is 4.79 Å². The number of pyridine rings is 2. The molecule has 0 radical (unpaired) electrons. The molecule has 1 aliphatic carbocycles. The Hall–Kier alpha value is -2.93. The van der Waals surface area contributed by atoms with Gasteiger partial charge in [0.2, 0.25) is 0 Å². The summed E-state index contributed by atoms with van der Waals surface area (Å²) in [6.07, 6.45) is 10.1. The lowest BCUT2D eigenvalue weighted by Crippen LogP contribution is -2.33. The van der Waals surface area contributed by atoms with E-state index in [-0.39, 0.29) is 6.04 Å². The number of unbranched alkanes of at least 4 members (excludes halogenated alkanes) is 1. The molecule has 1 aliphatic rings. The van der Waals surface area contributed by atoms with Crippen LogP contribution in [0.15, 0.2) is 48.9 Å². The van der Waals surface area contributed by atoms with E-state index in [0.717, 1.165) is 56.5 Å². The quantitative estimate of drug-likeness (QED) is 0.571. The van der Waals surface area contributed by atoms with E-state index in [1.54, 1.807) is 0 Å². The van der Waals surface area contributed by atoms with Gasteiger partial charge in [-0.2, -0.15) is 0 Å². The fraction of sp³-hybridized carbons (Fsp3) is 0.409. The topological polar surface area (TPSA) is 82.8 Å². The average Bonchev–Trinajstić information content (AvgIpc) is 3.14. The van der Waals surface area contributed by atoms with Crippen molar-refractivity contribution < 1.29 is 9.90 Å². The van der Waals surface area contributed by atoms with Gasteiger partial charge >= 0.3 is 6.09 Å². The Labute approximate surface area is 170 Å². The number of carboxylic acid groups (broad SMARTS) is 1. The van der Waals surface area contributed by atoms with E-state index < -0.39 is 6.09 Å². The van der Waals surface area contributed by atoms with E-state index in [0.29, 0.717) is 6.54 Å². The van der Waals surface area contributed by atoms with Gasteiger partial charge in [0.25, 0.3) is 0 Å². The summed E-state index contributed by atoms with van der Waals surface area (Å²) in [5, 5.41) is 11.2. The predicted octanol–water partition coefficient (Wildman–Crippen LogP) is 3.66. The molecule has 0 aromatic carbocycles. The Morgan fingerprint density at radius 3 is 3.07 bits per heavy atom. The predicted molar refractivity (Wildman–Crippen MR) is 111 cm³/mol. The highest BCUT2D eigenvalue weighted by Crippen LogP contribution is 2.33. The molecule has 0 spiro atoms. The van der Waals surface area contributed by atoms with Crippen molar-refractivity contribution in [2.75, 3.05) is 13.1 Å². The molecule has 1 unspecified atom stereocenters. The summed E-state index contributed by atoms with van der Waals surface area (Å²) < 4.78 is 2.05. The normalized spacial score (nSPS) is 16.1. The largest absolute Gasteiger partial charge is 0.465 e. The third-order valence-corrected chi connectivity index (χ3v) is 5.53. The molecule has 3 heterocycles. The molecule has 1 atom stereocenters. The number of nitrogens with zero attached hydrogens (tertiary/aromatic N) is 4. The van der Waals surface area contributed by atoms with Crippen LogP contribution in [0.1, 0.15) is 48.7 Å². The summed E-state index contributed by atoms with van der Waals surface area (Å²) in [6.45, 7) is 2.13. The van der Waals surface area contributed by atoms with Crippen molar-refractivity contribution in [1.29, 1.82) is 0 Å². The zero-order chi connectivity index (χ0) is 20.1. The number of carbonyl (C=O) groups is 1. The van der Waals surface area contributed by atoms with Crippen LogP contribution >= 0.6 is 0 Å². The van der Waals surface area contributed by atoms with Crippen molar-refractivity contribution in [3.8, 4) is 0 Å². The SMILES string of the molecule is O=C(O)NCCCCN(Cc1cn2ccccc2n1)C1CCCc2cccnc21. The summed E-state index contributed by atoms with van der Waals surface area (Å²) in [5.41, 5.74) is 4.53. The number of nitrogens with one attached hydrogen (secondary N) is 1. The Balaban J connectivity index is 1.51. The van der Waals surface area contributed by atoms with Crippen LogP contribution in [0.5, 0.6) is 0 Å². The van der Waals surface area contributed by atoms with Gasteiger partial charge in [-0.25, -0.2) is 9.78 Å². The molecule has 7 heteroatoms. The van der Waals surface area contributed by atoms with E-state index in [1.165, 1.54) is 11.3 Å². The van der Waals surface area contributed by atoms with Crippen LogP contribution in [0.3, 0.4) is 0 Å². The minimum Gasteiger partial charge on any atom is -0.465 e. The fourth-order valence-electron chi connectivity index (χ4n) is 4.19. The van der Waals surface area contributed by atoms with Crippen LogP contribution in [0.25, 0.3) is 5.65 Å². The maximum Gasteiger partial charge on any atom is 0.404 e. The lowest BCUT2D eigenvalue weighted by Gasteiger charge is -2.34. The van der Waals surface area contributed by atoms with E-state index in [1.807, 2.05) is 36.7 Å². The first-order valence-electron chi connectivity index (χ1n) is 10.3. The van der Waals surface area contributed by atoms with Crippen LogP contribution in [0.4, 0.5) is 4.79 Å².